The predicted octanol–water partition coefficient (Wildman–Crippen LogP) is 1.03. The molecular weight excluding hydrogens is 258 g/mol. The van der Waals surface area contributed by atoms with E-state index in [0.29, 0.717) is 17.0 Å². The number of primary amides is 1. The Labute approximate surface area is 115 Å². The number of rotatable bonds is 2. The van der Waals surface area contributed by atoms with Crippen LogP contribution in [0.2, 0.25) is 0 Å². The van der Waals surface area contributed by atoms with Gasteiger partial charge in [-0.05, 0) is 19.8 Å². The van der Waals surface area contributed by atoms with Crippen molar-refractivity contribution in [3.63, 3.8) is 0 Å². The van der Waals surface area contributed by atoms with E-state index in [4.69, 9.17) is 5.73 Å². The first-order valence-electron chi connectivity index (χ1n) is 6.86. The fraction of sp³-hybridized carbons (Fsp3) is 0.538. The number of fused-ring (bicyclic) bond motifs is 1. The predicted molar refractivity (Wildman–Crippen MR) is 73.5 cm³/mol. The van der Waals surface area contributed by atoms with Gasteiger partial charge in [-0.15, -0.1) is 0 Å². The summed E-state index contributed by atoms with van der Waals surface area (Å²) in [5.41, 5.74) is 6.00. The molecular formula is C13H17N5O2. The van der Waals surface area contributed by atoms with Crippen LogP contribution in [0.15, 0.2) is 4.79 Å². The van der Waals surface area contributed by atoms with Crippen molar-refractivity contribution >= 4 is 17.1 Å². The second-order valence-electron chi connectivity index (χ2n) is 5.27. The lowest BCUT2D eigenvalue weighted by molar-refractivity contribution is 0.0997. The molecule has 1 aliphatic rings. The average molecular weight is 275 g/mol. The minimum atomic E-state index is -0.655. The highest BCUT2D eigenvalue weighted by atomic mass is 16.2. The number of nitrogens with two attached hydrogens (primary N) is 1. The van der Waals surface area contributed by atoms with Crippen molar-refractivity contribution in [2.45, 2.75) is 45.1 Å². The summed E-state index contributed by atoms with van der Waals surface area (Å²) < 4.78 is 1.66. The fourth-order valence-electron chi connectivity index (χ4n) is 2.97. The molecule has 0 atom stereocenters. The number of carbonyl (C=O) groups excluding carboxylic acids is 1. The number of aryl methyl sites for hydroxylation is 1. The number of H-pyrrole nitrogens is 1. The lowest BCUT2D eigenvalue weighted by Crippen LogP contribution is -2.24. The number of aromatic amines is 1. The fourth-order valence-corrected chi connectivity index (χ4v) is 2.97. The Hall–Kier alpha value is -2.18. The van der Waals surface area contributed by atoms with Gasteiger partial charge in [0, 0.05) is 6.04 Å². The van der Waals surface area contributed by atoms with E-state index in [0.717, 1.165) is 25.7 Å². The molecule has 2 heterocycles. The first-order valence-corrected chi connectivity index (χ1v) is 6.86. The van der Waals surface area contributed by atoms with Gasteiger partial charge in [-0.25, -0.2) is 14.8 Å². The van der Waals surface area contributed by atoms with E-state index in [1.54, 1.807) is 11.5 Å². The summed E-state index contributed by atoms with van der Waals surface area (Å²) >= 11 is 0. The molecule has 0 aliphatic heterocycles. The maximum atomic E-state index is 12.2. The molecule has 7 nitrogen and oxygen atoms in total. The van der Waals surface area contributed by atoms with Crippen LogP contribution in [-0.2, 0) is 0 Å². The van der Waals surface area contributed by atoms with E-state index in [-0.39, 0.29) is 17.4 Å². The van der Waals surface area contributed by atoms with Gasteiger partial charge in [-0.3, -0.25) is 9.36 Å². The zero-order valence-corrected chi connectivity index (χ0v) is 11.3. The minimum Gasteiger partial charge on any atom is -0.364 e. The number of hydrogen-bond acceptors (Lipinski definition) is 4. The van der Waals surface area contributed by atoms with Crippen LogP contribution in [0.1, 0.15) is 54.5 Å². The maximum Gasteiger partial charge on any atom is 0.327 e. The monoisotopic (exact) mass is 275 g/mol. The Balaban J connectivity index is 2.25. The van der Waals surface area contributed by atoms with Gasteiger partial charge in [-0.2, -0.15) is 0 Å². The lowest BCUT2D eigenvalue weighted by atomic mass is 9.95. The van der Waals surface area contributed by atoms with Crippen molar-refractivity contribution in [3.8, 4) is 0 Å². The number of nitrogens with one attached hydrogen (secondary N) is 1. The molecule has 20 heavy (non-hydrogen) atoms. The smallest absolute Gasteiger partial charge is 0.327 e. The van der Waals surface area contributed by atoms with Crippen LogP contribution in [0.4, 0.5) is 0 Å². The molecule has 3 N–H and O–H groups in total. The SMILES string of the molecule is Cc1nc(C(N)=O)c2[nH]c(=O)n(C3CCCCC3)c2n1. The number of hydrogen-bond donors (Lipinski definition) is 2. The maximum absolute atomic E-state index is 12.2. The molecule has 0 radical (unpaired) electrons. The minimum absolute atomic E-state index is 0.0826. The molecule has 2 aromatic heterocycles. The molecule has 0 spiro atoms. The number of amides is 1. The van der Waals surface area contributed by atoms with Crippen LogP contribution in [-0.4, -0.2) is 25.4 Å². The molecule has 1 fully saturated rings. The molecule has 3 rings (SSSR count). The second-order valence-corrected chi connectivity index (χ2v) is 5.27. The highest BCUT2D eigenvalue weighted by Crippen LogP contribution is 2.29. The molecule has 106 valence electrons. The zero-order chi connectivity index (χ0) is 14.3. The van der Waals surface area contributed by atoms with Crippen molar-refractivity contribution in [1.82, 2.24) is 19.5 Å². The average Bonchev–Trinajstić information content (AvgIpc) is 2.74. The molecule has 1 aliphatic carbocycles. The largest absolute Gasteiger partial charge is 0.364 e. The summed E-state index contributed by atoms with van der Waals surface area (Å²) in [6, 6.07) is 0.139. The Bertz CT molecular complexity index is 724. The van der Waals surface area contributed by atoms with Crippen LogP contribution in [0, 0.1) is 6.92 Å². The van der Waals surface area contributed by atoms with Gasteiger partial charge in [0.15, 0.2) is 11.3 Å². The molecule has 7 heteroatoms. The molecule has 0 unspecified atom stereocenters. The van der Waals surface area contributed by atoms with Gasteiger partial charge < -0.3 is 10.7 Å². The van der Waals surface area contributed by atoms with E-state index in [2.05, 4.69) is 15.0 Å². The first-order chi connectivity index (χ1) is 9.58. The highest BCUT2D eigenvalue weighted by Gasteiger charge is 2.23. The van der Waals surface area contributed by atoms with Crippen molar-refractivity contribution < 1.29 is 4.79 Å². The van der Waals surface area contributed by atoms with Crippen LogP contribution >= 0.6 is 0 Å². The summed E-state index contributed by atoms with van der Waals surface area (Å²) in [7, 11) is 0. The second kappa shape index (κ2) is 4.73. The van der Waals surface area contributed by atoms with Gasteiger partial charge in [0.05, 0.1) is 0 Å². The molecule has 1 saturated carbocycles. The third-order valence-corrected chi connectivity index (χ3v) is 3.85. The van der Waals surface area contributed by atoms with Gasteiger partial charge in [-0.1, -0.05) is 19.3 Å². The Kier molecular flexibility index (Phi) is 3.04. The summed E-state index contributed by atoms with van der Waals surface area (Å²) in [5, 5.41) is 0. The molecule has 0 saturated heterocycles. The lowest BCUT2D eigenvalue weighted by Gasteiger charge is -2.22. The standard InChI is InChI=1S/C13H17N5O2/c1-7-15-9(11(14)19)10-12(16-7)18(13(20)17-10)8-5-3-2-4-6-8/h8H,2-6H2,1H3,(H2,14,19)(H,17,20). The number of nitrogens with zero attached hydrogens (tertiary/aromatic N) is 3. The van der Waals surface area contributed by atoms with E-state index in [1.165, 1.54) is 6.42 Å². The van der Waals surface area contributed by atoms with Crippen molar-refractivity contribution in [2.24, 2.45) is 5.73 Å². The normalized spacial score (nSPS) is 16.6. The quantitative estimate of drug-likeness (QED) is 0.853. The first kappa shape index (κ1) is 12.8. The Morgan fingerprint density at radius 1 is 1.30 bits per heavy atom. The summed E-state index contributed by atoms with van der Waals surface area (Å²) in [6.07, 6.45) is 5.34. The zero-order valence-electron chi connectivity index (χ0n) is 11.3. The number of aromatic nitrogens is 4. The van der Waals surface area contributed by atoms with Gasteiger partial charge in [0.2, 0.25) is 0 Å². The van der Waals surface area contributed by atoms with E-state index in [1.807, 2.05) is 0 Å². The number of imidazole rings is 1. The van der Waals surface area contributed by atoms with Crippen LogP contribution in [0.25, 0.3) is 11.2 Å². The Morgan fingerprint density at radius 3 is 2.65 bits per heavy atom. The third-order valence-electron chi connectivity index (χ3n) is 3.85. The topological polar surface area (TPSA) is 107 Å². The van der Waals surface area contributed by atoms with E-state index >= 15 is 0 Å². The molecule has 0 bridgehead atoms. The van der Waals surface area contributed by atoms with Gasteiger partial charge >= 0.3 is 5.69 Å². The molecule has 2 aromatic rings. The highest BCUT2D eigenvalue weighted by molar-refractivity contribution is 6.01. The number of carbonyl (C=O) groups is 1. The molecule has 0 aromatic carbocycles. The van der Waals surface area contributed by atoms with E-state index < -0.39 is 5.91 Å². The van der Waals surface area contributed by atoms with Crippen molar-refractivity contribution in [1.29, 1.82) is 0 Å². The summed E-state index contributed by atoms with van der Waals surface area (Å²) in [5.74, 6) is -0.215. The Morgan fingerprint density at radius 2 is 2.00 bits per heavy atom. The third kappa shape index (κ3) is 1.99. The van der Waals surface area contributed by atoms with Crippen molar-refractivity contribution in [3.05, 3.63) is 22.0 Å². The summed E-state index contributed by atoms with van der Waals surface area (Å²) in [6.45, 7) is 1.69. The summed E-state index contributed by atoms with van der Waals surface area (Å²) in [4.78, 5) is 34.7. The van der Waals surface area contributed by atoms with Crippen molar-refractivity contribution in [2.75, 3.05) is 0 Å². The van der Waals surface area contributed by atoms with Crippen LogP contribution < -0.4 is 11.4 Å². The van der Waals surface area contributed by atoms with Crippen LogP contribution in [0.3, 0.4) is 0 Å². The van der Waals surface area contributed by atoms with Gasteiger partial charge in [0.1, 0.15) is 11.3 Å². The molecule has 1 amide bonds. The van der Waals surface area contributed by atoms with Gasteiger partial charge in [0.25, 0.3) is 5.91 Å². The van der Waals surface area contributed by atoms with Crippen LogP contribution in [0.5, 0.6) is 0 Å². The van der Waals surface area contributed by atoms with E-state index in [9.17, 15) is 9.59 Å².